The summed E-state index contributed by atoms with van der Waals surface area (Å²) in [5.74, 6) is -0.629. The summed E-state index contributed by atoms with van der Waals surface area (Å²) < 4.78 is 16.8. The standard InChI is InChI=1S/C21H34O6Si/c1-14(22)25-18(19(24)26-20(2,3)4)13-15-12-16(10-11-17(15)23)27-28(8,9)21(5,6)7/h10-12,18,23H,13H2,1-9H3. The monoisotopic (exact) mass is 410 g/mol. The fourth-order valence-electron chi connectivity index (χ4n) is 2.18. The Labute approximate surface area is 169 Å². The Balaban J connectivity index is 3.12. The average molecular weight is 411 g/mol. The van der Waals surface area contributed by atoms with E-state index in [1.807, 2.05) is 0 Å². The molecule has 158 valence electrons. The van der Waals surface area contributed by atoms with Gasteiger partial charge in [0.1, 0.15) is 17.1 Å². The van der Waals surface area contributed by atoms with Gasteiger partial charge in [0, 0.05) is 18.9 Å². The van der Waals surface area contributed by atoms with Gasteiger partial charge in [0.2, 0.25) is 14.4 Å². The molecule has 0 fully saturated rings. The van der Waals surface area contributed by atoms with Gasteiger partial charge in [-0.25, -0.2) is 4.79 Å². The molecule has 1 N–H and O–H groups in total. The van der Waals surface area contributed by atoms with Crippen molar-refractivity contribution in [3.63, 3.8) is 0 Å². The first-order valence-electron chi connectivity index (χ1n) is 9.43. The van der Waals surface area contributed by atoms with Crippen molar-refractivity contribution >= 4 is 20.3 Å². The van der Waals surface area contributed by atoms with Crippen LogP contribution in [0.3, 0.4) is 0 Å². The first kappa shape index (κ1) is 24.0. The molecule has 0 aliphatic carbocycles. The molecule has 0 saturated heterocycles. The number of esters is 2. The van der Waals surface area contributed by atoms with Crippen LogP contribution in [0.15, 0.2) is 18.2 Å². The van der Waals surface area contributed by atoms with Gasteiger partial charge in [-0.1, -0.05) is 20.8 Å². The van der Waals surface area contributed by atoms with Gasteiger partial charge in [0.15, 0.2) is 0 Å². The topological polar surface area (TPSA) is 82.1 Å². The summed E-state index contributed by atoms with van der Waals surface area (Å²) >= 11 is 0. The third-order valence-electron chi connectivity index (χ3n) is 4.61. The number of phenols is 1. The smallest absolute Gasteiger partial charge is 0.348 e. The molecule has 0 aromatic heterocycles. The number of phenolic OH excluding ortho intramolecular Hbond substituents is 1. The van der Waals surface area contributed by atoms with Crippen molar-refractivity contribution in [3.8, 4) is 11.5 Å². The summed E-state index contributed by atoms with van der Waals surface area (Å²) in [6.45, 7) is 17.1. The number of carbonyl (C=O) groups excluding carboxylic acids is 2. The lowest BCUT2D eigenvalue weighted by atomic mass is 10.1. The van der Waals surface area contributed by atoms with Crippen molar-refractivity contribution in [1.29, 1.82) is 0 Å². The second kappa shape index (κ2) is 8.55. The fourth-order valence-corrected chi connectivity index (χ4v) is 3.20. The highest BCUT2D eigenvalue weighted by atomic mass is 28.4. The summed E-state index contributed by atoms with van der Waals surface area (Å²) in [5.41, 5.74) is -0.265. The highest BCUT2D eigenvalue weighted by Gasteiger charge is 2.39. The molecule has 0 aliphatic heterocycles. The molecule has 6 nitrogen and oxygen atoms in total. The molecular formula is C21H34O6Si. The van der Waals surface area contributed by atoms with E-state index in [0.29, 0.717) is 11.3 Å². The number of hydrogen-bond acceptors (Lipinski definition) is 6. The molecule has 1 unspecified atom stereocenters. The molecule has 0 aliphatic rings. The summed E-state index contributed by atoms with van der Waals surface area (Å²) in [5, 5.41) is 10.3. The molecule has 0 amide bonds. The third-order valence-corrected chi connectivity index (χ3v) is 8.97. The zero-order valence-electron chi connectivity index (χ0n) is 18.5. The van der Waals surface area contributed by atoms with Crippen LogP contribution in [0.1, 0.15) is 54.0 Å². The van der Waals surface area contributed by atoms with Crippen LogP contribution in [0.5, 0.6) is 11.5 Å². The van der Waals surface area contributed by atoms with Crippen LogP contribution in [0.4, 0.5) is 0 Å². The van der Waals surface area contributed by atoms with Crippen LogP contribution < -0.4 is 4.43 Å². The molecule has 7 heteroatoms. The van der Waals surface area contributed by atoms with E-state index >= 15 is 0 Å². The van der Waals surface area contributed by atoms with Crippen molar-refractivity contribution in [2.45, 2.75) is 84.7 Å². The maximum atomic E-state index is 12.4. The Morgan fingerprint density at radius 1 is 1.11 bits per heavy atom. The van der Waals surface area contributed by atoms with Crippen molar-refractivity contribution in [1.82, 2.24) is 0 Å². The van der Waals surface area contributed by atoms with Crippen molar-refractivity contribution in [2.75, 3.05) is 0 Å². The molecule has 0 saturated carbocycles. The molecule has 1 aromatic carbocycles. The van der Waals surface area contributed by atoms with Crippen molar-refractivity contribution in [2.24, 2.45) is 0 Å². The van der Waals surface area contributed by atoms with Crippen LogP contribution >= 0.6 is 0 Å². The Kier molecular flexibility index (Phi) is 7.33. The van der Waals surface area contributed by atoms with Gasteiger partial charge >= 0.3 is 11.9 Å². The Hall–Kier alpha value is -2.02. The van der Waals surface area contributed by atoms with Gasteiger partial charge in [-0.3, -0.25) is 4.79 Å². The highest BCUT2D eigenvalue weighted by Crippen LogP contribution is 2.38. The van der Waals surface area contributed by atoms with E-state index in [4.69, 9.17) is 13.9 Å². The number of aromatic hydroxyl groups is 1. The van der Waals surface area contributed by atoms with E-state index in [-0.39, 0.29) is 17.2 Å². The zero-order chi connectivity index (χ0) is 21.9. The number of rotatable bonds is 6. The minimum atomic E-state index is -2.06. The van der Waals surface area contributed by atoms with Gasteiger partial charge in [0.05, 0.1) is 0 Å². The van der Waals surface area contributed by atoms with Crippen molar-refractivity contribution in [3.05, 3.63) is 23.8 Å². The molecule has 0 spiro atoms. The van der Waals surface area contributed by atoms with Crippen LogP contribution in [-0.4, -0.2) is 37.1 Å². The van der Waals surface area contributed by atoms with E-state index in [9.17, 15) is 14.7 Å². The number of hydrogen-bond donors (Lipinski definition) is 1. The Morgan fingerprint density at radius 2 is 1.68 bits per heavy atom. The summed E-state index contributed by atoms with van der Waals surface area (Å²) in [4.78, 5) is 23.9. The van der Waals surface area contributed by atoms with E-state index < -0.39 is 32.0 Å². The third kappa shape index (κ3) is 7.18. The van der Waals surface area contributed by atoms with Gasteiger partial charge in [-0.2, -0.15) is 0 Å². The van der Waals surface area contributed by atoms with Crippen molar-refractivity contribution < 1.29 is 28.6 Å². The van der Waals surface area contributed by atoms with Gasteiger partial charge < -0.3 is 19.0 Å². The Bertz CT molecular complexity index is 713. The summed E-state index contributed by atoms with van der Waals surface area (Å²) in [7, 11) is -2.06. The first-order chi connectivity index (χ1) is 12.5. The predicted octanol–water partition coefficient (Wildman–Crippen LogP) is 4.59. The first-order valence-corrected chi connectivity index (χ1v) is 12.3. The number of benzene rings is 1. The van der Waals surface area contributed by atoms with Crippen LogP contribution in [-0.2, 0) is 25.5 Å². The molecule has 28 heavy (non-hydrogen) atoms. The molecule has 0 heterocycles. The maximum Gasteiger partial charge on any atom is 0.348 e. The molecule has 0 radical (unpaired) electrons. The molecule has 1 aromatic rings. The van der Waals surface area contributed by atoms with E-state index in [2.05, 4.69) is 33.9 Å². The van der Waals surface area contributed by atoms with Crippen LogP contribution in [0, 0.1) is 0 Å². The lowest BCUT2D eigenvalue weighted by Gasteiger charge is -2.36. The van der Waals surface area contributed by atoms with E-state index in [1.165, 1.54) is 13.0 Å². The predicted molar refractivity (Wildman–Crippen MR) is 111 cm³/mol. The molecule has 1 atom stereocenters. The minimum absolute atomic E-state index is 0.00305. The second-order valence-electron chi connectivity index (χ2n) is 9.49. The van der Waals surface area contributed by atoms with E-state index in [1.54, 1.807) is 32.9 Å². The number of ether oxygens (including phenoxy) is 2. The van der Waals surface area contributed by atoms with Gasteiger partial charge in [-0.15, -0.1) is 0 Å². The molecule has 0 bridgehead atoms. The quantitative estimate of drug-likeness (QED) is 0.545. The lowest BCUT2D eigenvalue weighted by Crippen LogP contribution is -2.43. The van der Waals surface area contributed by atoms with E-state index in [0.717, 1.165) is 0 Å². The lowest BCUT2D eigenvalue weighted by molar-refractivity contribution is -0.174. The average Bonchev–Trinajstić information content (AvgIpc) is 2.46. The number of carbonyl (C=O) groups is 2. The SMILES string of the molecule is CC(=O)OC(Cc1cc(O[Si](C)(C)C(C)(C)C)ccc1O)C(=O)OC(C)(C)C. The summed E-state index contributed by atoms with van der Waals surface area (Å²) in [6.07, 6.45) is -1.15. The van der Waals surface area contributed by atoms with Crippen LogP contribution in [0.25, 0.3) is 0 Å². The van der Waals surface area contributed by atoms with Gasteiger partial charge in [0.25, 0.3) is 0 Å². The normalized spacial score (nSPS) is 13.6. The molecule has 1 rings (SSSR count). The fraction of sp³-hybridized carbons (Fsp3) is 0.619. The molecular weight excluding hydrogens is 376 g/mol. The summed E-state index contributed by atoms with van der Waals surface area (Å²) in [6, 6.07) is 4.92. The van der Waals surface area contributed by atoms with Crippen LogP contribution in [0.2, 0.25) is 18.1 Å². The Morgan fingerprint density at radius 3 is 2.14 bits per heavy atom. The second-order valence-corrected chi connectivity index (χ2v) is 14.2. The van der Waals surface area contributed by atoms with Gasteiger partial charge in [-0.05, 0) is 57.1 Å². The zero-order valence-corrected chi connectivity index (χ0v) is 19.5. The highest BCUT2D eigenvalue weighted by molar-refractivity contribution is 6.74. The largest absolute Gasteiger partial charge is 0.543 e. The maximum absolute atomic E-state index is 12.4. The minimum Gasteiger partial charge on any atom is -0.543 e.